The molecule has 0 bridgehead atoms. The van der Waals surface area contributed by atoms with Crippen molar-refractivity contribution < 1.29 is 4.79 Å². The second-order valence-electron chi connectivity index (χ2n) is 9.36. The van der Waals surface area contributed by atoms with Crippen LogP contribution in [0.2, 0.25) is 0 Å². The quantitative estimate of drug-likeness (QED) is 0.369. The van der Waals surface area contributed by atoms with E-state index in [0.29, 0.717) is 24.6 Å². The fraction of sp³-hybridized carbons (Fsp3) is 0.370. The van der Waals surface area contributed by atoms with Gasteiger partial charge in [0.1, 0.15) is 11.5 Å². The van der Waals surface area contributed by atoms with Crippen LogP contribution in [-0.4, -0.2) is 38.8 Å². The minimum Gasteiger partial charge on any atom is -0.342 e. The number of hydrogen-bond acceptors (Lipinski definition) is 4. The molecule has 0 radical (unpaired) electrons. The van der Waals surface area contributed by atoms with Crippen LogP contribution in [0.25, 0.3) is 21.5 Å². The van der Waals surface area contributed by atoms with E-state index in [1.165, 1.54) is 29.5 Å². The predicted octanol–water partition coefficient (Wildman–Crippen LogP) is 6.01. The Bertz CT molecular complexity index is 1290. The lowest BCUT2D eigenvalue weighted by atomic mass is 10.1. The van der Waals surface area contributed by atoms with Gasteiger partial charge in [-0.15, -0.1) is 11.3 Å². The summed E-state index contributed by atoms with van der Waals surface area (Å²) in [5.74, 6) is 1.57. The summed E-state index contributed by atoms with van der Waals surface area (Å²) in [6.07, 6.45) is 3.11. The van der Waals surface area contributed by atoms with E-state index in [1.54, 1.807) is 11.3 Å². The molecule has 5 rings (SSSR count). The standard InChI is InChI=1S/C27H30N4OS/c1-16-6-5-7-21(12-16)26-25(28-19(4)33-26)27(32)31(15-20-8-9-20)11-10-24-29-22-13-17(2)18(3)14-23(22)30-24/h5-7,12-14,20H,8-11,15H2,1-4H3,(H,29,30). The maximum Gasteiger partial charge on any atom is 0.274 e. The number of fused-ring (bicyclic) bond motifs is 1. The highest BCUT2D eigenvalue weighted by Crippen LogP contribution is 2.34. The summed E-state index contributed by atoms with van der Waals surface area (Å²) >= 11 is 1.60. The van der Waals surface area contributed by atoms with Crippen LogP contribution >= 0.6 is 11.3 Å². The van der Waals surface area contributed by atoms with Crippen LogP contribution < -0.4 is 0 Å². The van der Waals surface area contributed by atoms with Crippen molar-refractivity contribution >= 4 is 28.3 Å². The Balaban J connectivity index is 1.40. The summed E-state index contributed by atoms with van der Waals surface area (Å²) < 4.78 is 0. The van der Waals surface area contributed by atoms with Crippen LogP contribution in [0.3, 0.4) is 0 Å². The summed E-state index contributed by atoms with van der Waals surface area (Å²) in [4.78, 5) is 29.6. The molecular formula is C27H30N4OS. The van der Waals surface area contributed by atoms with Crippen molar-refractivity contribution in [2.24, 2.45) is 5.92 Å². The van der Waals surface area contributed by atoms with Gasteiger partial charge in [0.15, 0.2) is 0 Å². The zero-order valence-corrected chi connectivity index (χ0v) is 20.6. The number of hydrogen-bond donors (Lipinski definition) is 1. The van der Waals surface area contributed by atoms with Gasteiger partial charge in [-0.05, 0) is 75.3 Å². The first-order valence-electron chi connectivity index (χ1n) is 11.7. The minimum absolute atomic E-state index is 0.0329. The second kappa shape index (κ2) is 8.75. The van der Waals surface area contributed by atoms with Crippen LogP contribution in [0.5, 0.6) is 0 Å². The van der Waals surface area contributed by atoms with Crippen LogP contribution in [0.15, 0.2) is 36.4 Å². The average Bonchev–Trinajstić information content (AvgIpc) is 3.39. The van der Waals surface area contributed by atoms with Crippen LogP contribution in [-0.2, 0) is 6.42 Å². The fourth-order valence-corrected chi connectivity index (χ4v) is 5.18. The van der Waals surface area contributed by atoms with Gasteiger partial charge in [-0.25, -0.2) is 9.97 Å². The Morgan fingerprint density at radius 3 is 2.64 bits per heavy atom. The van der Waals surface area contributed by atoms with Gasteiger partial charge in [-0.3, -0.25) is 4.79 Å². The van der Waals surface area contributed by atoms with Gasteiger partial charge >= 0.3 is 0 Å². The maximum absolute atomic E-state index is 13.7. The number of aromatic amines is 1. The topological polar surface area (TPSA) is 61.9 Å². The second-order valence-corrected chi connectivity index (χ2v) is 10.6. The normalized spacial score (nSPS) is 13.6. The Morgan fingerprint density at radius 1 is 1.09 bits per heavy atom. The first-order valence-corrected chi connectivity index (χ1v) is 12.5. The highest BCUT2D eigenvalue weighted by Gasteiger charge is 2.30. The lowest BCUT2D eigenvalue weighted by Gasteiger charge is -2.22. The van der Waals surface area contributed by atoms with Gasteiger partial charge in [0.2, 0.25) is 0 Å². The molecule has 2 aromatic carbocycles. The minimum atomic E-state index is 0.0329. The van der Waals surface area contributed by atoms with E-state index >= 15 is 0 Å². The molecule has 5 nitrogen and oxygen atoms in total. The van der Waals surface area contributed by atoms with Gasteiger partial charge in [-0.2, -0.15) is 0 Å². The summed E-state index contributed by atoms with van der Waals surface area (Å²) in [5.41, 5.74) is 7.38. The molecule has 33 heavy (non-hydrogen) atoms. The van der Waals surface area contributed by atoms with Crippen molar-refractivity contribution in [1.82, 2.24) is 19.9 Å². The Hall–Kier alpha value is -2.99. The average molecular weight is 459 g/mol. The maximum atomic E-state index is 13.7. The Kier molecular flexibility index (Phi) is 5.79. The number of nitrogens with zero attached hydrogens (tertiary/aromatic N) is 3. The molecule has 0 unspecified atom stereocenters. The lowest BCUT2D eigenvalue weighted by molar-refractivity contribution is 0.0744. The van der Waals surface area contributed by atoms with Crippen LogP contribution in [0.4, 0.5) is 0 Å². The molecule has 170 valence electrons. The molecule has 0 spiro atoms. The molecule has 1 amide bonds. The third-order valence-electron chi connectivity index (χ3n) is 6.44. The van der Waals surface area contributed by atoms with E-state index in [4.69, 9.17) is 4.98 Å². The Morgan fingerprint density at radius 2 is 1.88 bits per heavy atom. The van der Waals surface area contributed by atoms with Crippen LogP contribution in [0, 0.1) is 33.6 Å². The monoisotopic (exact) mass is 458 g/mol. The number of imidazole rings is 1. The number of nitrogens with one attached hydrogen (secondary N) is 1. The van der Waals surface area contributed by atoms with E-state index in [0.717, 1.165) is 38.9 Å². The lowest BCUT2D eigenvalue weighted by Crippen LogP contribution is -2.35. The largest absolute Gasteiger partial charge is 0.342 e. The van der Waals surface area contributed by atoms with Gasteiger partial charge < -0.3 is 9.88 Å². The number of amides is 1. The molecule has 4 aromatic rings. The number of aryl methyl sites for hydroxylation is 4. The van der Waals surface area contributed by atoms with E-state index in [2.05, 4.69) is 61.1 Å². The first kappa shape index (κ1) is 21.8. The van der Waals surface area contributed by atoms with Crippen LogP contribution in [0.1, 0.15) is 50.9 Å². The molecule has 0 aliphatic heterocycles. The SMILES string of the molecule is Cc1cccc(-c2sc(C)nc2C(=O)N(CCc2nc3cc(C)c(C)cc3[nH]2)CC2CC2)c1. The molecule has 0 saturated heterocycles. The van der Waals surface area contributed by atoms with Crippen molar-refractivity contribution in [2.45, 2.75) is 47.0 Å². The first-order chi connectivity index (χ1) is 15.9. The van der Waals surface area contributed by atoms with Gasteiger partial charge in [0.05, 0.1) is 20.9 Å². The summed E-state index contributed by atoms with van der Waals surface area (Å²) in [6.45, 7) is 9.71. The van der Waals surface area contributed by atoms with E-state index < -0.39 is 0 Å². The number of rotatable bonds is 7. The predicted molar refractivity (Wildman–Crippen MR) is 135 cm³/mol. The summed E-state index contributed by atoms with van der Waals surface area (Å²) in [5, 5.41) is 0.921. The molecule has 6 heteroatoms. The fourth-order valence-electron chi connectivity index (χ4n) is 4.27. The summed E-state index contributed by atoms with van der Waals surface area (Å²) in [6, 6.07) is 12.6. The van der Waals surface area contributed by atoms with Gasteiger partial charge in [-0.1, -0.05) is 29.8 Å². The molecule has 1 N–H and O–H groups in total. The summed E-state index contributed by atoms with van der Waals surface area (Å²) in [7, 11) is 0. The molecule has 2 heterocycles. The van der Waals surface area contributed by atoms with Gasteiger partial charge in [0.25, 0.3) is 5.91 Å². The number of carbonyl (C=O) groups is 1. The molecular weight excluding hydrogens is 428 g/mol. The van der Waals surface area contributed by atoms with Crippen molar-refractivity contribution in [1.29, 1.82) is 0 Å². The van der Waals surface area contributed by atoms with Crippen molar-refractivity contribution in [3.05, 3.63) is 69.6 Å². The smallest absolute Gasteiger partial charge is 0.274 e. The number of H-pyrrole nitrogens is 1. The molecule has 1 saturated carbocycles. The molecule has 2 aromatic heterocycles. The van der Waals surface area contributed by atoms with E-state index in [1.807, 2.05) is 17.9 Å². The van der Waals surface area contributed by atoms with Gasteiger partial charge in [0, 0.05) is 19.5 Å². The number of aromatic nitrogens is 3. The zero-order valence-electron chi connectivity index (χ0n) is 19.7. The van der Waals surface area contributed by atoms with Crippen molar-refractivity contribution in [3.63, 3.8) is 0 Å². The van der Waals surface area contributed by atoms with E-state index in [9.17, 15) is 4.79 Å². The zero-order chi connectivity index (χ0) is 23.1. The third-order valence-corrected chi connectivity index (χ3v) is 7.46. The Labute approximate surface area is 198 Å². The highest BCUT2D eigenvalue weighted by molar-refractivity contribution is 7.15. The number of benzene rings is 2. The highest BCUT2D eigenvalue weighted by atomic mass is 32.1. The molecule has 0 atom stereocenters. The van der Waals surface area contributed by atoms with Crippen molar-refractivity contribution in [2.75, 3.05) is 13.1 Å². The van der Waals surface area contributed by atoms with E-state index in [-0.39, 0.29) is 5.91 Å². The molecule has 1 aliphatic rings. The third kappa shape index (κ3) is 4.71. The molecule has 1 aliphatic carbocycles. The van der Waals surface area contributed by atoms with Crippen molar-refractivity contribution in [3.8, 4) is 10.4 Å². The molecule has 1 fully saturated rings. The number of thiazole rings is 1. The number of carbonyl (C=O) groups excluding carboxylic acids is 1.